The average Bonchev–Trinajstić information content (AvgIpc) is 2.23. The van der Waals surface area contributed by atoms with Gasteiger partial charge in [-0.25, -0.2) is 0 Å². The van der Waals surface area contributed by atoms with Gasteiger partial charge in [0.25, 0.3) is 0 Å². The van der Waals surface area contributed by atoms with Gasteiger partial charge in [0, 0.05) is 18.1 Å². The highest BCUT2D eigenvalue weighted by atomic mass is 15.1. The molecular formula is C6H12N2. The van der Waals surface area contributed by atoms with Gasteiger partial charge in [-0.2, -0.15) is 0 Å². The summed E-state index contributed by atoms with van der Waals surface area (Å²) in [7, 11) is 0. The van der Waals surface area contributed by atoms with Crippen molar-refractivity contribution >= 4 is 0 Å². The van der Waals surface area contributed by atoms with E-state index < -0.39 is 0 Å². The average molecular weight is 112 g/mol. The molecule has 0 aromatic rings. The number of hydrogen-bond donors (Lipinski definition) is 2. The molecule has 2 aliphatic heterocycles. The summed E-state index contributed by atoms with van der Waals surface area (Å²) in [6.45, 7) is 0. The van der Waals surface area contributed by atoms with Crippen molar-refractivity contribution in [2.75, 3.05) is 0 Å². The Balaban J connectivity index is 2.11. The first-order valence-electron chi connectivity index (χ1n) is 3.38. The Morgan fingerprint density at radius 3 is 2.50 bits per heavy atom. The number of nitrogens with two attached hydrogens (primary N) is 1. The standard InChI is InChI=1S/C6H12N2/c7-5-3-4-1-2-6(5)8-4/h4-6,8H,1-3,7H2/t4?,5-,6-/m0/s1. The molecular weight excluding hydrogens is 100 g/mol. The lowest BCUT2D eigenvalue weighted by Crippen LogP contribution is -2.33. The second-order valence-corrected chi connectivity index (χ2v) is 2.95. The van der Waals surface area contributed by atoms with Crippen LogP contribution < -0.4 is 11.1 Å². The van der Waals surface area contributed by atoms with Crippen molar-refractivity contribution in [2.45, 2.75) is 37.4 Å². The molecule has 0 amide bonds. The smallest absolute Gasteiger partial charge is 0.0222 e. The molecule has 46 valence electrons. The summed E-state index contributed by atoms with van der Waals surface area (Å²) in [6.07, 6.45) is 3.88. The third-order valence-corrected chi connectivity index (χ3v) is 2.35. The van der Waals surface area contributed by atoms with Crippen LogP contribution >= 0.6 is 0 Å². The molecule has 2 heterocycles. The molecule has 0 radical (unpaired) electrons. The number of fused-ring (bicyclic) bond motifs is 2. The molecule has 2 aliphatic rings. The van der Waals surface area contributed by atoms with Gasteiger partial charge in [-0.05, 0) is 19.3 Å². The van der Waals surface area contributed by atoms with Gasteiger partial charge in [0.15, 0.2) is 0 Å². The zero-order valence-electron chi connectivity index (χ0n) is 4.93. The summed E-state index contributed by atoms with van der Waals surface area (Å²) in [6, 6.07) is 1.91. The van der Waals surface area contributed by atoms with Crippen LogP contribution in [-0.2, 0) is 0 Å². The first-order chi connectivity index (χ1) is 3.86. The first kappa shape index (κ1) is 4.77. The fraction of sp³-hybridized carbons (Fsp3) is 1.00. The lowest BCUT2D eigenvalue weighted by Gasteiger charge is -2.13. The Morgan fingerprint density at radius 1 is 1.38 bits per heavy atom. The molecule has 2 nitrogen and oxygen atoms in total. The van der Waals surface area contributed by atoms with Crippen molar-refractivity contribution in [3.05, 3.63) is 0 Å². The number of hydrogen-bond acceptors (Lipinski definition) is 2. The molecule has 2 heteroatoms. The van der Waals surface area contributed by atoms with Crippen molar-refractivity contribution in [1.82, 2.24) is 5.32 Å². The van der Waals surface area contributed by atoms with Gasteiger partial charge >= 0.3 is 0 Å². The minimum Gasteiger partial charge on any atom is -0.326 e. The van der Waals surface area contributed by atoms with E-state index in [4.69, 9.17) is 5.73 Å². The zero-order valence-corrected chi connectivity index (χ0v) is 4.93. The van der Waals surface area contributed by atoms with E-state index in [1.165, 1.54) is 19.3 Å². The Labute approximate surface area is 49.4 Å². The van der Waals surface area contributed by atoms with E-state index in [0.717, 1.165) is 6.04 Å². The van der Waals surface area contributed by atoms with Crippen molar-refractivity contribution in [3.63, 3.8) is 0 Å². The minimum atomic E-state index is 0.466. The number of rotatable bonds is 0. The fourth-order valence-corrected chi connectivity index (χ4v) is 1.87. The van der Waals surface area contributed by atoms with Crippen LogP contribution in [0.15, 0.2) is 0 Å². The second kappa shape index (κ2) is 1.45. The van der Waals surface area contributed by atoms with E-state index in [0.29, 0.717) is 12.1 Å². The molecule has 0 aromatic heterocycles. The molecule has 0 spiro atoms. The Kier molecular flexibility index (Phi) is 0.866. The van der Waals surface area contributed by atoms with Crippen molar-refractivity contribution in [3.8, 4) is 0 Å². The Bertz CT molecular complexity index is 101. The van der Waals surface area contributed by atoms with E-state index in [9.17, 15) is 0 Å². The quantitative estimate of drug-likeness (QED) is 0.457. The molecule has 2 bridgehead atoms. The number of nitrogens with one attached hydrogen (secondary N) is 1. The van der Waals surface area contributed by atoms with Crippen molar-refractivity contribution in [1.29, 1.82) is 0 Å². The monoisotopic (exact) mass is 112 g/mol. The molecule has 0 aromatic carbocycles. The molecule has 3 N–H and O–H groups in total. The molecule has 2 saturated heterocycles. The predicted octanol–water partition coefficient (Wildman–Crippen LogP) is -0.162. The highest BCUT2D eigenvalue weighted by molar-refractivity contribution is 4.99. The maximum Gasteiger partial charge on any atom is 0.0222 e. The van der Waals surface area contributed by atoms with E-state index in [-0.39, 0.29) is 0 Å². The van der Waals surface area contributed by atoms with Gasteiger partial charge < -0.3 is 11.1 Å². The molecule has 0 saturated carbocycles. The highest BCUT2D eigenvalue weighted by Crippen LogP contribution is 2.26. The highest BCUT2D eigenvalue weighted by Gasteiger charge is 2.36. The van der Waals surface area contributed by atoms with Crippen molar-refractivity contribution in [2.24, 2.45) is 5.73 Å². The third-order valence-electron chi connectivity index (χ3n) is 2.35. The predicted molar refractivity (Wildman–Crippen MR) is 32.5 cm³/mol. The SMILES string of the molecule is N[C@H]1CC2CC[C@@H]1N2. The lowest BCUT2D eigenvalue weighted by atomic mass is 9.97. The normalized spacial score (nSPS) is 52.9. The van der Waals surface area contributed by atoms with E-state index in [1.807, 2.05) is 0 Å². The summed E-state index contributed by atoms with van der Waals surface area (Å²) in [5.41, 5.74) is 5.76. The zero-order chi connectivity index (χ0) is 5.56. The summed E-state index contributed by atoms with van der Waals surface area (Å²) < 4.78 is 0. The molecule has 3 atom stereocenters. The van der Waals surface area contributed by atoms with Crippen LogP contribution in [0.2, 0.25) is 0 Å². The van der Waals surface area contributed by atoms with Crippen LogP contribution in [0.5, 0.6) is 0 Å². The summed E-state index contributed by atoms with van der Waals surface area (Å²) in [5, 5.41) is 3.45. The van der Waals surface area contributed by atoms with Gasteiger partial charge in [-0.1, -0.05) is 0 Å². The van der Waals surface area contributed by atoms with Gasteiger partial charge in [-0.3, -0.25) is 0 Å². The van der Waals surface area contributed by atoms with Crippen LogP contribution in [-0.4, -0.2) is 18.1 Å². The third kappa shape index (κ3) is 0.501. The Hall–Kier alpha value is -0.0800. The molecule has 1 unspecified atom stereocenters. The van der Waals surface area contributed by atoms with Crippen molar-refractivity contribution < 1.29 is 0 Å². The largest absolute Gasteiger partial charge is 0.326 e. The molecule has 0 aliphatic carbocycles. The van der Waals surface area contributed by atoms with Crippen LogP contribution in [0, 0.1) is 0 Å². The maximum atomic E-state index is 5.76. The van der Waals surface area contributed by atoms with Gasteiger partial charge in [0.05, 0.1) is 0 Å². The molecule has 8 heavy (non-hydrogen) atoms. The summed E-state index contributed by atoms with van der Waals surface area (Å²) in [4.78, 5) is 0. The summed E-state index contributed by atoms with van der Waals surface area (Å²) in [5.74, 6) is 0. The fourth-order valence-electron chi connectivity index (χ4n) is 1.87. The lowest BCUT2D eigenvalue weighted by molar-refractivity contribution is 0.502. The van der Waals surface area contributed by atoms with Gasteiger partial charge in [0.2, 0.25) is 0 Å². The molecule has 2 rings (SSSR count). The van der Waals surface area contributed by atoms with E-state index >= 15 is 0 Å². The topological polar surface area (TPSA) is 38.0 Å². The minimum absolute atomic E-state index is 0.466. The van der Waals surface area contributed by atoms with Gasteiger partial charge in [-0.15, -0.1) is 0 Å². The van der Waals surface area contributed by atoms with Crippen LogP contribution in [0.3, 0.4) is 0 Å². The van der Waals surface area contributed by atoms with Gasteiger partial charge in [0.1, 0.15) is 0 Å². The van der Waals surface area contributed by atoms with Crippen LogP contribution in [0.4, 0.5) is 0 Å². The summed E-state index contributed by atoms with van der Waals surface area (Å²) >= 11 is 0. The van der Waals surface area contributed by atoms with Crippen LogP contribution in [0.25, 0.3) is 0 Å². The van der Waals surface area contributed by atoms with Crippen LogP contribution in [0.1, 0.15) is 19.3 Å². The Morgan fingerprint density at radius 2 is 2.25 bits per heavy atom. The first-order valence-corrected chi connectivity index (χ1v) is 3.38. The van der Waals surface area contributed by atoms with E-state index in [2.05, 4.69) is 5.32 Å². The second-order valence-electron chi connectivity index (χ2n) is 2.95. The van der Waals surface area contributed by atoms with E-state index in [1.54, 1.807) is 0 Å². The molecule has 2 fully saturated rings. The maximum absolute atomic E-state index is 5.76.